The maximum atomic E-state index is 13.0. The molecule has 1 aliphatic rings. The first kappa shape index (κ1) is 12.2. The van der Waals surface area contributed by atoms with E-state index in [1.165, 1.54) is 0 Å². The van der Waals surface area contributed by atoms with Crippen molar-refractivity contribution in [3.8, 4) is 0 Å². The summed E-state index contributed by atoms with van der Waals surface area (Å²) in [5.41, 5.74) is 0.160. The van der Waals surface area contributed by atoms with Gasteiger partial charge in [0.25, 0.3) is 0 Å². The molecule has 0 radical (unpaired) electrons. The maximum Gasteiger partial charge on any atom is 0.194 e. The topological polar surface area (TPSA) is 32.3 Å². The van der Waals surface area contributed by atoms with E-state index in [2.05, 4.69) is 5.32 Å². The van der Waals surface area contributed by atoms with Gasteiger partial charge in [0.15, 0.2) is 17.5 Å². The summed E-state index contributed by atoms with van der Waals surface area (Å²) in [4.78, 5) is 0. The second-order valence-corrected chi connectivity index (χ2v) is 4.36. The van der Waals surface area contributed by atoms with Gasteiger partial charge in [-0.15, -0.1) is 0 Å². The van der Waals surface area contributed by atoms with Crippen LogP contribution in [0.3, 0.4) is 0 Å². The minimum Gasteiger partial charge on any atom is -0.391 e. The first-order chi connectivity index (χ1) is 8.08. The molecule has 2 N–H and O–H groups in total. The summed E-state index contributed by atoms with van der Waals surface area (Å²) in [6, 6.07) is 1.58. The summed E-state index contributed by atoms with van der Waals surface area (Å²) in [5, 5.41) is 12.5. The number of benzene rings is 1. The van der Waals surface area contributed by atoms with E-state index in [0.29, 0.717) is 6.42 Å². The first-order valence-corrected chi connectivity index (χ1v) is 5.67. The van der Waals surface area contributed by atoms with Crippen molar-refractivity contribution < 1.29 is 18.3 Å². The molecule has 0 heterocycles. The van der Waals surface area contributed by atoms with E-state index in [1.807, 2.05) is 0 Å². The van der Waals surface area contributed by atoms with Crippen LogP contribution in [0.1, 0.15) is 25.7 Å². The quantitative estimate of drug-likeness (QED) is 0.785. The van der Waals surface area contributed by atoms with Crippen molar-refractivity contribution in [2.45, 2.75) is 37.8 Å². The molecule has 2 nitrogen and oxygen atoms in total. The van der Waals surface area contributed by atoms with E-state index in [-0.39, 0.29) is 11.7 Å². The third-order valence-corrected chi connectivity index (χ3v) is 3.07. The van der Waals surface area contributed by atoms with Crippen LogP contribution in [-0.2, 0) is 0 Å². The van der Waals surface area contributed by atoms with Gasteiger partial charge in [-0.2, -0.15) is 0 Å². The van der Waals surface area contributed by atoms with E-state index >= 15 is 0 Å². The highest BCUT2D eigenvalue weighted by Crippen LogP contribution is 2.24. The van der Waals surface area contributed by atoms with Crippen molar-refractivity contribution in [2.24, 2.45) is 0 Å². The molecule has 0 spiro atoms. The third-order valence-electron chi connectivity index (χ3n) is 3.07. The highest BCUT2D eigenvalue weighted by molar-refractivity contribution is 5.45. The second kappa shape index (κ2) is 4.96. The number of aliphatic hydroxyl groups excluding tert-OH is 1. The fraction of sp³-hybridized carbons (Fsp3) is 0.500. The van der Waals surface area contributed by atoms with Crippen LogP contribution in [-0.4, -0.2) is 17.3 Å². The Labute approximate surface area is 97.5 Å². The van der Waals surface area contributed by atoms with Crippen LogP contribution in [0.2, 0.25) is 0 Å². The minimum absolute atomic E-state index is 0.160. The van der Waals surface area contributed by atoms with Crippen LogP contribution in [0.4, 0.5) is 18.9 Å². The molecule has 0 saturated heterocycles. The predicted octanol–water partition coefficient (Wildman–Crippen LogP) is 2.82. The van der Waals surface area contributed by atoms with Crippen LogP contribution in [0.15, 0.2) is 12.1 Å². The molecular formula is C12H14F3NO. The summed E-state index contributed by atoms with van der Waals surface area (Å²) >= 11 is 0. The van der Waals surface area contributed by atoms with Gasteiger partial charge in [0, 0.05) is 17.8 Å². The Hall–Kier alpha value is -1.23. The summed E-state index contributed by atoms with van der Waals surface area (Å²) in [6.07, 6.45) is 2.79. The molecule has 0 amide bonds. The molecule has 1 aromatic rings. The number of hydrogen-bond donors (Lipinski definition) is 2. The molecule has 2 atom stereocenters. The van der Waals surface area contributed by atoms with Gasteiger partial charge in [-0.25, -0.2) is 13.2 Å². The summed E-state index contributed by atoms with van der Waals surface area (Å²) in [5.74, 6) is -3.92. The monoisotopic (exact) mass is 245 g/mol. The van der Waals surface area contributed by atoms with Crippen LogP contribution in [0.5, 0.6) is 0 Å². The lowest BCUT2D eigenvalue weighted by atomic mass is 9.92. The Balaban J connectivity index is 2.12. The standard InChI is InChI=1S/C12H14F3NO/c13-8-5-7(6-9(14)12(8)15)16-10-3-1-2-4-11(10)17/h5-6,10-11,16-17H,1-4H2. The number of aliphatic hydroxyl groups is 1. The summed E-state index contributed by atoms with van der Waals surface area (Å²) in [7, 11) is 0. The number of anilines is 1. The normalized spacial score (nSPS) is 24.7. The van der Waals surface area contributed by atoms with Crippen molar-refractivity contribution in [2.75, 3.05) is 5.32 Å². The average molecular weight is 245 g/mol. The fourth-order valence-corrected chi connectivity index (χ4v) is 2.13. The zero-order chi connectivity index (χ0) is 12.4. The van der Waals surface area contributed by atoms with Crippen LogP contribution < -0.4 is 5.32 Å². The van der Waals surface area contributed by atoms with E-state index < -0.39 is 23.6 Å². The van der Waals surface area contributed by atoms with E-state index in [0.717, 1.165) is 31.4 Å². The maximum absolute atomic E-state index is 13.0. The van der Waals surface area contributed by atoms with E-state index in [9.17, 15) is 18.3 Å². The molecule has 1 saturated carbocycles. The highest BCUT2D eigenvalue weighted by atomic mass is 19.2. The van der Waals surface area contributed by atoms with Crippen molar-refractivity contribution in [1.29, 1.82) is 0 Å². The number of hydrogen-bond acceptors (Lipinski definition) is 2. The zero-order valence-corrected chi connectivity index (χ0v) is 9.22. The molecule has 0 aromatic heterocycles. The zero-order valence-electron chi connectivity index (χ0n) is 9.22. The van der Waals surface area contributed by atoms with Crippen molar-refractivity contribution in [1.82, 2.24) is 0 Å². The molecular weight excluding hydrogens is 231 g/mol. The minimum atomic E-state index is -1.47. The largest absolute Gasteiger partial charge is 0.391 e. The first-order valence-electron chi connectivity index (χ1n) is 5.67. The summed E-state index contributed by atoms with van der Waals surface area (Å²) < 4.78 is 38.7. The second-order valence-electron chi connectivity index (χ2n) is 4.36. The molecule has 17 heavy (non-hydrogen) atoms. The SMILES string of the molecule is OC1CCCCC1Nc1cc(F)c(F)c(F)c1. The molecule has 1 aliphatic carbocycles. The lowest BCUT2D eigenvalue weighted by molar-refractivity contribution is 0.116. The molecule has 2 rings (SSSR count). The number of nitrogens with one attached hydrogen (secondary N) is 1. The molecule has 5 heteroatoms. The smallest absolute Gasteiger partial charge is 0.194 e. The van der Waals surface area contributed by atoms with Gasteiger partial charge in [-0.1, -0.05) is 12.8 Å². The molecule has 1 aromatic carbocycles. The molecule has 0 aliphatic heterocycles. The summed E-state index contributed by atoms with van der Waals surface area (Å²) in [6.45, 7) is 0. The average Bonchev–Trinajstić information content (AvgIpc) is 2.29. The molecule has 0 bridgehead atoms. The van der Waals surface area contributed by atoms with Gasteiger partial charge in [0.1, 0.15) is 0 Å². The van der Waals surface area contributed by atoms with Gasteiger partial charge in [-0.3, -0.25) is 0 Å². The van der Waals surface area contributed by atoms with Gasteiger partial charge in [0.2, 0.25) is 0 Å². The molecule has 1 fully saturated rings. The van der Waals surface area contributed by atoms with Crippen molar-refractivity contribution in [3.05, 3.63) is 29.6 Å². The van der Waals surface area contributed by atoms with E-state index in [1.54, 1.807) is 0 Å². The van der Waals surface area contributed by atoms with Crippen LogP contribution in [0, 0.1) is 17.5 Å². The van der Waals surface area contributed by atoms with Gasteiger partial charge in [-0.05, 0) is 12.8 Å². The Kier molecular flexibility index (Phi) is 3.57. The van der Waals surface area contributed by atoms with Crippen molar-refractivity contribution >= 4 is 5.69 Å². The van der Waals surface area contributed by atoms with Gasteiger partial charge in [0.05, 0.1) is 12.1 Å². The number of rotatable bonds is 2. The molecule has 94 valence electrons. The molecule has 2 unspecified atom stereocenters. The van der Waals surface area contributed by atoms with Crippen LogP contribution >= 0.6 is 0 Å². The van der Waals surface area contributed by atoms with Gasteiger partial charge >= 0.3 is 0 Å². The van der Waals surface area contributed by atoms with E-state index in [4.69, 9.17) is 0 Å². The predicted molar refractivity (Wildman–Crippen MR) is 58.2 cm³/mol. The van der Waals surface area contributed by atoms with Crippen molar-refractivity contribution in [3.63, 3.8) is 0 Å². The Morgan fingerprint density at radius 3 is 2.24 bits per heavy atom. The third kappa shape index (κ3) is 2.72. The van der Waals surface area contributed by atoms with Crippen LogP contribution in [0.25, 0.3) is 0 Å². The Bertz CT molecular complexity index is 388. The lowest BCUT2D eigenvalue weighted by Gasteiger charge is -2.29. The number of halogens is 3. The highest BCUT2D eigenvalue weighted by Gasteiger charge is 2.23. The van der Waals surface area contributed by atoms with Gasteiger partial charge < -0.3 is 10.4 Å². The lowest BCUT2D eigenvalue weighted by Crippen LogP contribution is -2.36. The Morgan fingerprint density at radius 2 is 1.65 bits per heavy atom. The fourth-order valence-electron chi connectivity index (χ4n) is 2.13. The Morgan fingerprint density at radius 1 is 1.06 bits per heavy atom.